The molecular formula is C13H11NO3S. The van der Waals surface area contributed by atoms with Crippen molar-refractivity contribution in [3.63, 3.8) is 0 Å². The predicted molar refractivity (Wildman–Crippen MR) is 69.2 cm³/mol. The van der Waals surface area contributed by atoms with Gasteiger partial charge in [-0.2, -0.15) is 0 Å². The number of nitrogens with zero attached hydrogens (tertiary/aromatic N) is 1. The fourth-order valence-electron chi connectivity index (χ4n) is 2.38. The molecule has 92 valence electrons. The van der Waals surface area contributed by atoms with Crippen LogP contribution in [-0.4, -0.2) is 15.6 Å². The molecule has 1 aliphatic carbocycles. The molecule has 3 rings (SSSR count). The number of hydrogen-bond acceptors (Lipinski definition) is 3. The molecule has 0 saturated carbocycles. The van der Waals surface area contributed by atoms with Crippen molar-refractivity contribution in [3.05, 3.63) is 43.9 Å². The summed E-state index contributed by atoms with van der Waals surface area (Å²) in [5.41, 5.74) is 4.08. The normalized spacial score (nSPS) is 12.3. The van der Waals surface area contributed by atoms with E-state index in [-0.39, 0.29) is 11.4 Å². The highest BCUT2D eigenvalue weighted by molar-refractivity contribution is 7.09. The lowest BCUT2D eigenvalue weighted by molar-refractivity contribution is -0.137. The van der Waals surface area contributed by atoms with Gasteiger partial charge in [0.15, 0.2) is 0 Å². The van der Waals surface area contributed by atoms with E-state index in [2.05, 4.69) is 0 Å². The summed E-state index contributed by atoms with van der Waals surface area (Å²) in [6.07, 6.45) is 0.734. The molecule has 1 aliphatic rings. The largest absolute Gasteiger partial charge is 0.480 e. The number of benzene rings is 1. The van der Waals surface area contributed by atoms with E-state index < -0.39 is 5.97 Å². The van der Waals surface area contributed by atoms with Crippen LogP contribution in [-0.2, 0) is 17.8 Å². The molecule has 4 nitrogen and oxygen atoms in total. The zero-order valence-electron chi connectivity index (χ0n) is 9.77. The van der Waals surface area contributed by atoms with Gasteiger partial charge >= 0.3 is 10.8 Å². The average molecular weight is 261 g/mol. The first-order valence-corrected chi connectivity index (χ1v) is 6.42. The summed E-state index contributed by atoms with van der Waals surface area (Å²) < 4.78 is 1.37. The quantitative estimate of drug-likeness (QED) is 0.766. The molecule has 1 aromatic heterocycles. The molecule has 0 fully saturated rings. The molecule has 0 saturated heterocycles. The van der Waals surface area contributed by atoms with E-state index in [0.717, 1.165) is 39.5 Å². The van der Waals surface area contributed by atoms with E-state index in [0.29, 0.717) is 0 Å². The molecule has 0 atom stereocenters. The number of thiazole rings is 1. The highest BCUT2D eigenvalue weighted by Gasteiger charge is 2.26. The van der Waals surface area contributed by atoms with Gasteiger partial charge in [-0.3, -0.25) is 14.2 Å². The highest BCUT2D eigenvalue weighted by atomic mass is 32.1. The molecule has 1 heterocycles. The van der Waals surface area contributed by atoms with Crippen molar-refractivity contribution >= 4 is 17.3 Å². The lowest BCUT2D eigenvalue weighted by Gasteiger charge is -2.05. The van der Waals surface area contributed by atoms with Crippen LogP contribution in [0.5, 0.6) is 0 Å². The van der Waals surface area contributed by atoms with Gasteiger partial charge < -0.3 is 5.11 Å². The van der Waals surface area contributed by atoms with Crippen LogP contribution >= 0.6 is 11.3 Å². The molecule has 18 heavy (non-hydrogen) atoms. The Morgan fingerprint density at radius 2 is 2.28 bits per heavy atom. The van der Waals surface area contributed by atoms with Crippen LogP contribution in [0.25, 0.3) is 11.3 Å². The number of aryl methyl sites for hydroxylation is 1. The maximum atomic E-state index is 11.8. The number of aromatic nitrogens is 1. The highest BCUT2D eigenvalue weighted by Crippen LogP contribution is 2.38. The Bertz CT molecular complexity index is 712. The second-order valence-electron chi connectivity index (χ2n) is 4.46. The second kappa shape index (κ2) is 3.81. The summed E-state index contributed by atoms with van der Waals surface area (Å²) in [5, 5.41) is 8.89. The first-order valence-electron chi connectivity index (χ1n) is 5.60. The Morgan fingerprint density at radius 1 is 1.50 bits per heavy atom. The Balaban J connectivity index is 2.24. The lowest BCUT2D eigenvalue weighted by Crippen LogP contribution is -2.19. The predicted octanol–water partition coefficient (Wildman–Crippen LogP) is 1.87. The van der Waals surface area contributed by atoms with Crippen LogP contribution in [0.4, 0.5) is 0 Å². The van der Waals surface area contributed by atoms with E-state index in [9.17, 15) is 9.59 Å². The summed E-state index contributed by atoms with van der Waals surface area (Å²) in [6, 6.07) is 6.10. The summed E-state index contributed by atoms with van der Waals surface area (Å²) in [6.45, 7) is 1.72. The van der Waals surface area contributed by atoms with Gasteiger partial charge in [-0.05, 0) is 18.6 Å². The maximum absolute atomic E-state index is 11.8. The lowest BCUT2D eigenvalue weighted by atomic mass is 10.1. The monoisotopic (exact) mass is 261 g/mol. The third kappa shape index (κ3) is 1.59. The summed E-state index contributed by atoms with van der Waals surface area (Å²) in [4.78, 5) is 23.4. The fraction of sp³-hybridized carbons (Fsp3) is 0.231. The molecule has 5 heteroatoms. The van der Waals surface area contributed by atoms with Crippen LogP contribution in [0.3, 0.4) is 0 Å². The Morgan fingerprint density at radius 3 is 3.00 bits per heavy atom. The number of carboxylic acids is 1. The SMILES string of the molecule is Cc1ccc2c(c1)-c1c(sc(=O)n1CC(=O)O)C2. The van der Waals surface area contributed by atoms with Gasteiger partial charge in [0.2, 0.25) is 0 Å². The Hall–Kier alpha value is -1.88. The zero-order chi connectivity index (χ0) is 12.9. The van der Waals surface area contributed by atoms with Crippen molar-refractivity contribution in [2.75, 3.05) is 0 Å². The van der Waals surface area contributed by atoms with E-state index in [1.807, 2.05) is 25.1 Å². The smallest absolute Gasteiger partial charge is 0.323 e. The molecular weight excluding hydrogens is 250 g/mol. The number of carbonyl (C=O) groups is 1. The third-order valence-corrected chi connectivity index (χ3v) is 4.11. The molecule has 0 radical (unpaired) electrons. The molecule has 0 unspecified atom stereocenters. The van der Waals surface area contributed by atoms with E-state index in [1.165, 1.54) is 10.1 Å². The van der Waals surface area contributed by atoms with Crippen molar-refractivity contribution < 1.29 is 9.90 Å². The van der Waals surface area contributed by atoms with Gasteiger partial charge in [0.05, 0.1) is 5.69 Å². The van der Waals surface area contributed by atoms with Crippen LogP contribution in [0.2, 0.25) is 0 Å². The van der Waals surface area contributed by atoms with Crippen molar-refractivity contribution in [2.24, 2.45) is 0 Å². The minimum Gasteiger partial charge on any atom is -0.480 e. The molecule has 1 aromatic carbocycles. The third-order valence-electron chi connectivity index (χ3n) is 3.13. The second-order valence-corrected chi connectivity index (χ2v) is 5.50. The summed E-state index contributed by atoms with van der Waals surface area (Å²) in [7, 11) is 0. The minimum atomic E-state index is -0.987. The van der Waals surface area contributed by atoms with Gasteiger partial charge in [0, 0.05) is 16.9 Å². The molecule has 1 N–H and O–H groups in total. The van der Waals surface area contributed by atoms with Gasteiger partial charge in [0.1, 0.15) is 6.54 Å². The van der Waals surface area contributed by atoms with Gasteiger partial charge in [-0.1, -0.05) is 29.0 Å². The molecule has 0 bridgehead atoms. The molecule has 0 spiro atoms. The molecule has 0 aliphatic heterocycles. The number of fused-ring (bicyclic) bond motifs is 3. The number of carboxylic acid groups (broad SMARTS) is 1. The van der Waals surface area contributed by atoms with Crippen molar-refractivity contribution in [1.82, 2.24) is 4.57 Å². The summed E-state index contributed by atoms with van der Waals surface area (Å²) in [5.74, 6) is -0.987. The number of aliphatic carboxylic acids is 1. The first-order chi connectivity index (χ1) is 8.56. The summed E-state index contributed by atoms with van der Waals surface area (Å²) >= 11 is 1.15. The maximum Gasteiger partial charge on any atom is 0.323 e. The number of hydrogen-bond donors (Lipinski definition) is 1. The standard InChI is InChI=1S/C13H11NO3S/c1-7-2-3-8-5-10-12(9(8)4-7)14(6-11(15)16)13(17)18-10/h2-4H,5-6H2,1H3,(H,15,16). The van der Waals surface area contributed by atoms with Crippen LogP contribution in [0.15, 0.2) is 23.0 Å². The van der Waals surface area contributed by atoms with Crippen molar-refractivity contribution in [1.29, 1.82) is 0 Å². The minimum absolute atomic E-state index is 0.186. The van der Waals surface area contributed by atoms with Crippen LogP contribution in [0, 0.1) is 6.92 Å². The number of rotatable bonds is 2. The van der Waals surface area contributed by atoms with E-state index in [4.69, 9.17) is 5.11 Å². The van der Waals surface area contributed by atoms with Crippen molar-refractivity contribution in [2.45, 2.75) is 19.9 Å². The molecule has 0 amide bonds. The van der Waals surface area contributed by atoms with Gasteiger partial charge in [-0.25, -0.2) is 0 Å². The Labute approximate surface area is 107 Å². The topological polar surface area (TPSA) is 59.3 Å². The van der Waals surface area contributed by atoms with Crippen LogP contribution < -0.4 is 4.87 Å². The fourth-order valence-corrected chi connectivity index (χ4v) is 3.40. The van der Waals surface area contributed by atoms with Gasteiger partial charge in [0.25, 0.3) is 0 Å². The Kier molecular flexibility index (Phi) is 2.38. The van der Waals surface area contributed by atoms with E-state index in [1.54, 1.807) is 0 Å². The molecule has 2 aromatic rings. The average Bonchev–Trinajstić information content (AvgIpc) is 2.76. The zero-order valence-corrected chi connectivity index (χ0v) is 10.6. The van der Waals surface area contributed by atoms with E-state index >= 15 is 0 Å². The van der Waals surface area contributed by atoms with Crippen molar-refractivity contribution in [3.8, 4) is 11.3 Å². The van der Waals surface area contributed by atoms with Gasteiger partial charge in [-0.15, -0.1) is 0 Å². The van der Waals surface area contributed by atoms with Crippen LogP contribution in [0.1, 0.15) is 16.0 Å². The first kappa shape index (κ1) is 11.2.